The minimum Gasteiger partial charge on any atom is -0.497 e. The fourth-order valence-corrected chi connectivity index (χ4v) is 4.17. The fraction of sp³-hybridized carbons (Fsp3) is 0.435. The number of pyridine rings is 1. The second-order valence-electron chi connectivity index (χ2n) is 7.89. The van der Waals surface area contributed by atoms with Gasteiger partial charge < -0.3 is 18.4 Å². The molecule has 1 saturated carbocycles. The van der Waals surface area contributed by atoms with Gasteiger partial charge in [-0.1, -0.05) is 6.42 Å². The summed E-state index contributed by atoms with van der Waals surface area (Å²) in [5.41, 5.74) is -3.23. The number of ether oxygens (including phenoxy) is 3. The molecule has 1 aliphatic rings. The van der Waals surface area contributed by atoms with Crippen LogP contribution in [0.3, 0.4) is 0 Å². The molecule has 8 nitrogen and oxygen atoms in total. The zero-order chi connectivity index (χ0) is 25.2. The van der Waals surface area contributed by atoms with Crippen molar-refractivity contribution < 1.29 is 36.4 Å². The molecule has 2 heterocycles. The minimum absolute atomic E-state index is 0.0602. The van der Waals surface area contributed by atoms with E-state index in [9.17, 15) is 18.0 Å². The molecule has 0 amide bonds. The van der Waals surface area contributed by atoms with Gasteiger partial charge in [-0.15, -0.1) is 0 Å². The Kier molecular flexibility index (Phi) is 7.29. The number of fused-ring (bicyclic) bond motifs is 1. The number of hydrogen-bond donors (Lipinski definition) is 0. The van der Waals surface area contributed by atoms with Crippen LogP contribution < -0.4 is 13.7 Å². The van der Waals surface area contributed by atoms with Crippen molar-refractivity contribution in [2.75, 3.05) is 20.8 Å². The topological polar surface area (TPSA) is 84.7 Å². The van der Waals surface area contributed by atoms with Crippen molar-refractivity contribution in [2.24, 2.45) is 0 Å². The molecule has 1 aromatic carbocycles. The summed E-state index contributed by atoms with van der Waals surface area (Å²) in [5.74, 6) is 0.314. The molecule has 0 N–H and O–H groups in total. The second kappa shape index (κ2) is 10.2. The molecule has 0 unspecified atom stereocenters. The summed E-state index contributed by atoms with van der Waals surface area (Å²) in [4.78, 5) is 16.9. The van der Waals surface area contributed by atoms with Crippen LogP contribution in [-0.4, -0.2) is 47.1 Å². The van der Waals surface area contributed by atoms with Crippen LogP contribution in [0.15, 0.2) is 24.3 Å². The number of carbonyl (C=O) groups is 1. The van der Waals surface area contributed by atoms with Crippen LogP contribution in [-0.2, 0) is 11.3 Å². The first-order valence-electron chi connectivity index (χ1n) is 11.0. The molecule has 0 aliphatic heterocycles. The second-order valence-corrected chi connectivity index (χ2v) is 8.68. The number of esters is 1. The lowest BCUT2D eigenvalue weighted by atomic mass is 9.82. The van der Waals surface area contributed by atoms with Gasteiger partial charge in [-0.3, -0.25) is 0 Å². The highest BCUT2D eigenvalue weighted by molar-refractivity contribution is 7.95. The van der Waals surface area contributed by atoms with Crippen LogP contribution in [0.4, 0.5) is 13.2 Å². The summed E-state index contributed by atoms with van der Waals surface area (Å²) in [6, 6.07) is 6.48. The summed E-state index contributed by atoms with van der Waals surface area (Å²) in [6.07, 6.45) is 2.69. The zero-order valence-corrected chi connectivity index (χ0v) is 20.2. The molecule has 1 fully saturated rings. The van der Waals surface area contributed by atoms with E-state index in [0.717, 1.165) is 24.8 Å². The molecule has 0 spiro atoms. The molecule has 0 radical (unpaired) electrons. The van der Waals surface area contributed by atoms with Gasteiger partial charge in [0, 0.05) is 23.6 Å². The molecular weight excluding hydrogens is 487 g/mol. The Hall–Kier alpha value is -3.15. The number of benzene rings is 1. The van der Waals surface area contributed by atoms with Crippen molar-refractivity contribution in [1.29, 1.82) is 0 Å². The van der Waals surface area contributed by atoms with Crippen molar-refractivity contribution in [2.45, 2.75) is 44.2 Å². The third-order valence-electron chi connectivity index (χ3n) is 5.71. The number of hydrogen-bond acceptors (Lipinski definition) is 8. The first-order valence-corrected chi connectivity index (χ1v) is 11.7. The van der Waals surface area contributed by atoms with Gasteiger partial charge in [-0.05, 0) is 31.9 Å². The van der Waals surface area contributed by atoms with E-state index in [4.69, 9.17) is 23.5 Å². The van der Waals surface area contributed by atoms with E-state index in [2.05, 4.69) is 4.98 Å². The number of methoxy groups -OCH3 is 2. The van der Waals surface area contributed by atoms with Gasteiger partial charge in [-0.25, -0.2) is 14.5 Å². The van der Waals surface area contributed by atoms with Crippen LogP contribution in [0.5, 0.6) is 17.2 Å². The number of alkyl halides is 3. The Morgan fingerprint density at radius 2 is 1.94 bits per heavy atom. The first kappa shape index (κ1) is 25.0. The van der Waals surface area contributed by atoms with E-state index in [-0.39, 0.29) is 36.2 Å². The summed E-state index contributed by atoms with van der Waals surface area (Å²) in [6.45, 7) is 1.91. The average Bonchev–Trinajstić information content (AvgIpc) is 3.14. The Balaban J connectivity index is 1.87. The molecule has 0 atom stereocenters. The van der Waals surface area contributed by atoms with Crippen LogP contribution in [0.25, 0.3) is 11.0 Å². The van der Waals surface area contributed by atoms with E-state index in [1.54, 1.807) is 36.9 Å². The largest absolute Gasteiger partial charge is 0.497 e. The Labute approximate surface area is 203 Å². The number of nitrogens with zero attached hydrogens (tertiary/aromatic N) is 3. The van der Waals surface area contributed by atoms with Crippen LogP contribution in [0.1, 0.15) is 53.8 Å². The Morgan fingerprint density at radius 3 is 2.54 bits per heavy atom. The summed E-state index contributed by atoms with van der Waals surface area (Å²) < 4.78 is 61.4. The molecule has 4 rings (SSSR count). The maximum atomic E-state index is 13.0. The van der Waals surface area contributed by atoms with Gasteiger partial charge in [0.05, 0.1) is 38.5 Å². The molecule has 35 heavy (non-hydrogen) atoms. The van der Waals surface area contributed by atoms with Crippen LogP contribution in [0, 0.1) is 0 Å². The van der Waals surface area contributed by atoms with Gasteiger partial charge in [0.25, 0.3) is 0 Å². The normalized spacial score (nSPS) is 14.0. The van der Waals surface area contributed by atoms with Gasteiger partial charge in [0.2, 0.25) is 0 Å². The summed E-state index contributed by atoms with van der Waals surface area (Å²) in [7, 11) is 3.07. The van der Waals surface area contributed by atoms with Crippen molar-refractivity contribution in [3.8, 4) is 17.2 Å². The maximum absolute atomic E-state index is 13.0. The summed E-state index contributed by atoms with van der Waals surface area (Å²) >= 11 is -0.646. The third kappa shape index (κ3) is 5.42. The highest BCUT2D eigenvalue weighted by atomic mass is 32.2. The molecule has 0 saturated heterocycles. The number of halogens is 3. The Bertz CT molecular complexity index is 1230. The van der Waals surface area contributed by atoms with Gasteiger partial charge in [0.15, 0.2) is 29.1 Å². The van der Waals surface area contributed by atoms with Crippen molar-refractivity contribution in [3.63, 3.8) is 0 Å². The van der Waals surface area contributed by atoms with Gasteiger partial charge in [0.1, 0.15) is 11.5 Å². The highest BCUT2D eigenvalue weighted by Gasteiger charge is 2.34. The van der Waals surface area contributed by atoms with Gasteiger partial charge in [-0.2, -0.15) is 18.3 Å². The minimum atomic E-state index is -4.64. The van der Waals surface area contributed by atoms with E-state index in [0.29, 0.717) is 22.6 Å². The molecular formula is C23H24F3N3O5S. The quantitative estimate of drug-likeness (QED) is 0.276. The highest BCUT2D eigenvalue weighted by Crippen LogP contribution is 2.44. The van der Waals surface area contributed by atoms with E-state index < -0.39 is 23.5 Å². The predicted octanol–water partition coefficient (Wildman–Crippen LogP) is 5.49. The van der Waals surface area contributed by atoms with Crippen molar-refractivity contribution in [3.05, 3.63) is 41.2 Å². The van der Waals surface area contributed by atoms with E-state index in [1.807, 2.05) is 0 Å². The molecule has 188 valence electrons. The average molecular weight is 512 g/mol. The predicted molar refractivity (Wildman–Crippen MR) is 123 cm³/mol. The molecule has 0 bridgehead atoms. The lowest BCUT2D eigenvalue weighted by Gasteiger charge is -2.24. The molecule has 3 aromatic rings. The fourth-order valence-electron chi connectivity index (χ4n) is 3.85. The Morgan fingerprint density at radius 1 is 1.17 bits per heavy atom. The number of aromatic nitrogens is 3. The number of rotatable bonds is 9. The lowest BCUT2D eigenvalue weighted by molar-refractivity contribution is -0.0369. The van der Waals surface area contributed by atoms with Crippen molar-refractivity contribution in [1.82, 2.24) is 14.8 Å². The SMILES string of the molecule is CCOC(=O)c1cc(OSC(F)(F)F)c2c(C3CCC3)nn(Cc3ccc(OC)cc3OC)c2n1. The smallest absolute Gasteiger partial charge is 0.479 e. The number of carbonyl (C=O) groups excluding carboxylic acids is 1. The van der Waals surface area contributed by atoms with Crippen molar-refractivity contribution >= 4 is 29.0 Å². The first-order chi connectivity index (χ1) is 16.7. The standard InChI is InChI=1S/C23H24F3N3O5S/c1-4-33-22(30)16-11-18(34-35-23(24,25)26)19-20(13-6-5-7-13)28-29(21(19)27-16)12-14-8-9-15(31-2)10-17(14)32-3/h8-11,13H,4-7,12H2,1-3H3. The van der Waals surface area contributed by atoms with Crippen LogP contribution >= 0.6 is 12.0 Å². The van der Waals surface area contributed by atoms with Gasteiger partial charge >= 0.3 is 11.5 Å². The molecule has 2 aromatic heterocycles. The van der Waals surface area contributed by atoms with E-state index in [1.165, 1.54) is 13.2 Å². The molecule has 12 heteroatoms. The van der Waals surface area contributed by atoms with Crippen LogP contribution in [0.2, 0.25) is 0 Å². The maximum Gasteiger partial charge on any atom is 0.479 e. The van der Waals surface area contributed by atoms with E-state index >= 15 is 0 Å². The monoisotopic (exact) mass is 511 g/mol. The summed E-state index contributed by atoms with van der Waals surface area (Å²) in [5, 5.41) is 5.07. The third-order valence-corrected chi connectivity index (χ3v) is 6.16. The zero-order valence-electron chi connectivity index (χ0n) is 19.3. The molecule has 1 aliphatic carbocycles. The lowest BCUT2D eigenvalue weighted by Crippen LogP contribution is -2.11.